The molecule has 2 rings (SSSR count). The van der Waals surface area contributed by atoms with Crippen LogP contribution >= 0.6 is 0 Å². The molecule has 1 aliphatic carbocycles. The van der Waals surface area contributed by atoms with Gasteiger partial charge in [-0.1, -0.05) is 25.7 Å². The fourth-order valence-electron chi connectivity index (χ4n) is 2.99. The third-order valence-corrected chi connectivity index (χ3v) is 4.47. The molecule has 1 aromatic carbocycles. The van der Waals surface area contributed by atoms with Crippen LogP contribution in [0.5, 0.6) is 11.5 Å². The summed E-state index contributed by atoms with van der Waals surface area (Å²) in [5.74, 6) is 0.119. The van der Waals surface area contributed by atoms with Crippen molar-refractivity contribution in [3.8, 4) is 11.5 Å². The summed E-state index contributed by atoms with van der Waals surface area (Å²) < 4.78 is 15.7. The van der Waals surface area contributed by atoms with Gasteiger partial charge in [-0.25, -0.2) is 4.79 Å². The Labute approximate surface area is 148 Å². The van der Waals surface area contributed by atoms with Crippen molar-refractivity contribution >= 4 is 11.9 Å². The summed E-state index contributed by atoms with van der Waals surface area (Å²) in [5.41, 5.74) is 0.261. The zero-order valence-corrected chi connectivity index (χ0v) is 15.2. The normalized spacial score (nSPS) is 16.4. The molecule has 1 aromatic rings. The number of amides is 1. The summed E-state index contributed by atoms with van der Waals surface area (Å²) in [6.45, 7) is 1.67. The van der Waals surface area contributed by atoms with Gasteiger partial charge in [0.1, 0.15) is 17.1 Å². The summed E-state index contributed by atoms with van der Waals surface area (Å²) in [6.07, 6.45) is 6.02. The number of benzene rings is 1. The van der Waals surface area contributed by atoms with Crippen LogP contribution in [0.15, 0.2) is 18.2 Å². The summed E-state index contributed by atoms with van der Waals surface area (Å²) >= 11 is 0. The topological polar surface area (TPSA) is 73.9 Å². The average molecular weight is 349 g/mol. The molecule has 0 heterocycles. The van der Waals surface area contributed by atoms with E-state index in [9.17, 15) is 9.59 Å². The van der Waals surface area contributed by atoms with Gasteiger partial charge in [0, 0.05) is 12.1 Å². The molecule has 0 aliphatic heterocycles. The van der Waals surface area contributed by atoms with Crippen LogP contribution in [0, 0.1) is 0 Å². The van der Waals surface area contributed by atoms with Crippen LogP contribution in [0.1, 0.15) is 55.8 Å². The third-order valence-electron chi connectivity index (χ3n) is 4.47. The van der Waals surface area contributed by atoms with Gasteiger partial charge in [0.05, 0.1) is 14.2 Å². The first-order chi connectivity index (χ1) is 12.0. The Morgan fingerprint density at radius 3 is 2.40 bits per heavy atom. The highest BCUT2D eigenvalue weighted by atomic mass is 16.5. The fraction of sp³-hybridized carbons (Fsp3) is 0.579. The molecule has 138 valence electrons. The molecule has 1 saturated carbocycles. The number of hydrogen-bond donors (Lipinski definition) is 1. The van der Waals surface area contributed by atoms with Crippen molar-refractivity contribution in [3.05, 3.63) is 23.8 Å². The van der Waals surface area contributed by atoms with Crippen molar-refractivity contribution in [2.45, 2.75) is 57.6 Å². The van der Waals surface area contributed by atoms with E-state index in [2.05, 4.69) is 5.32 Å². The highest BCUT2D eigenvalue weighted by Crippen LogP contribution is 2.26. The summed E-state index contributed by atoms with van der Waals surface area (Å²) in [7, 11) is 2.83. The Bertz CT molecular complexity index is 593. The third kappa shape index (κ3) is 5.37. The largest absolute Gasteiger partial charge is 0.497 e. The van der Waals surface area contributed by atoms with Crippen LogP contribution in [-0.2, 0) is 9.53 Å². The number of carbonyl (C=O) groups is 2. The number of ether oxygens (including phenoxy) is 3. The molecular weight excluding hydrogens is 322 g/mol. The minimum Gasteiger partial charge on any atom is -0.497 e. The van der Waals surface area contributed by atoms with Crippen molar-refractivity contribution in [2.24, 2.45) is 0 Å². The molecule has 0 bridgehead atoms. The molecule has 1 fully saturated rings. The first kappa shape index (κ1) is 19.1. The van der Waals surface area contributed by atoms with Crippen LogP contribution in [0.4, 0.5) is 0 Å². The van der Waals surface area contributed by atoms with Crippen molar-refractivity contribution in [2.75, 3.05) is 14.2 Å². The maximum absolute atomic E-state index is 12.4. The smallest absolute Gasteiger partial charge is 0.341 e. The zero-order chi connectivity index (χ0) is 18.2. The van der Waals surface area contributed by atoms with Crippen LogP contribution in [0.2, 0.25) is 0 Å². The Hall–Kier alpha value is -2.24. The number of methoxy groups -OCH3 is 2. The number of rotatable bonds is 6. The van der Waals surface area contributed by atoms with Crippen LogP contribution in [-0.4, -0.2) is 38.2 Å². The second-order valence-corrected chi connectivity index (χ2v) is 6.31. The molecular formula is C19H27NO5. The van der Waals surface area contributed by atoms with Crippen LogP contribution in [0.25, 0.3) is 0 Å². The number of hydrogen-bond acceptors (Lipinski definition) is 5. The lowest BCUT2D eigenvalue weighted by atomic mass is 10.1. The molecule has 0 spiro atoms. The molecule has 1 amide bonds. The predicted octanol–water partition coefficient (Wildman–Crippen LogP) is 3.09. The van der Waals surface area contributed by atoms with Crippen molar-refractivity contribution in [1.29, 1.82) is 0 Å². The van der Waals surface area contributed by atoms with Gasteiger partial charge in [0.25, 0.3) is 5.91 Å². The first-order valence-corrected chi connectivity index (χ1v) is 8.78. The Kier molecular flexibility index (Phi) is 7.10. The fourth-order valence-corrected chi connectivity index (χ4v) is 2.99. The van der Waals surface area contributed by atoms with E-state index in [4.69, 9.17) is 14.2 Å². The van der Waals surface area contributed by atoms with Crippen molar-refractivity contribution < 1.29 is 23.8 Å². The molecule has 6 heteroatoms. The number of nitrogens with one attached hydrogen (secondary N) is 1. The van der Waals surface area contributed by atoms with E-state index in [1.54, 1.807) is 25.1 Å². The minimum atomic E-state index is -0.723. The lowest BCUT2D eigenvalue weighted by Gasteiger charge is -2.21. The van der Waals surface area contributed by atoms with E-state index in [-0.39, 0.29) is 23.3 Å². The van der Waals surface area contributed by atoms with E-state index in [1.165, 1.54) is 27.1 Å². The van der Waals surface area contributed by atoms with E-state index in [0.717, 1.165) is 25.7 Å². The number of esters is 1. The van der Waals surface area contributed by atoms with Gasteiger partial charge in [0.15, 0.2) is 6.10 Å². The monoisotopic (exact) mass is 349 g/mol. The second kappa shape index (κ2) is 9.30. The summed E-state index contributed by atoms with van der Waals surface area (Å²) in [4.78, 5) is 24.3. The molecule has 0 unspecified atom stereocenters. The highest BCUT2D eigenvalue weighted by molar-refractivity contribution is 5.93. The highest BCUT2D eigenvalue weighted by Gasteiger charge is 2.23. The van der Waals surface area contributed by atoms with Crippen molar-refractivity contribution in [1.82, 2.24) is 5.32 Å². The Morgan fingerprint density at radius 2 is 1.80 bits per heavy atom. The van der Waals surface area contributed by atoms with Crippen LogP contribution in [0.3, 0.4) is 0 Å². The first-order valence-electron chi connectivity index (χ1n) is 8.78. The van der Waals surface area contributed by atoms with Crippen LogP contribution < -0.4 is 14.8 Å². The van der Waals surface area contributed by atoms with E-state index in [0.29, 0.717) is 5.75 Å². The lowest BCUT2D eigenvalue weighted by Crippen LogP contribution is -2.42. The van der Waals surface area contributed by atoms with E-state index < -0.39 is 12.1 Å². The molecule has 0 saturated heterocycles. The van der Waals surface area contributed by atoms with E-state index >= 15 is 0 Å². The average Bonchev–Trinajstić information content (AvgIpc) is 2.89. The zero-order valence-electron chi connectivity index (χ0n) is 15.2. The molecule has 0 radical (unpaired) electrons. The minimum absolute atomic E-state index is 0.175. The van der Waals surface area contributed by atoms with Gasteiger partial charge in [-0.2, -0.15) is 0 Å². The van der Waals surface area contributed by atoms with Gasteiger partial charge in [-0.05, 0) is 31.9 Å². The summed E-state index contributed by atoms with van der Waals surface area (Å²) in [5, 5.41) is 3.06. The van der Waals surface area contributed by atoms with Gasteiger partial charge in [0.2, 0.25) is 0 Å². The number of carbonyl (C=O) groups excluding carboxylic acids is 2. The maximum atomic E-state index is 12.4. The molecule has 1 aliphatic rings. The quantitative estimate of drug-likeness (QED) is 0.631. The van der Waals surface area contributed by atoms with Gasteiger partial charge >= 0.3 is 5.97 Å². The Balaban J connectivity index is 2.06. The standard InChI is InChI=1S/C19H27NO5/c1-13(18(21)20-14-8-6-4-5-7-9-14)25-17-12-15(23-2)10-11-16(17)19(22)24-3/h10-14H,4-9H2,1-3H3,(H,20,21)/t13-/m1/s1. The maximum Gasteiger partial charge on any atom is 0.341 e. The van der Waals surface area contributed by atoms with Gasteiger partial charge in [-0.15, -0.1) is 0 Å². The summed E-state index contributed by atoms with van der Waals surface area (Å²) in [6, 6.07) is 5.00. The molecule has 6 nitrogen and oxygen atoms in total. The molecule has 1 N–H and O–H groups in total. The van der Waals surface area contributed by atoms with Gasteiger partial charge < -0.3 is 19.5 Å². The molecule has 0 aromatic heterocycles. The Morgan fingerprint density at radius 1 is 1.12 bits per heavy atom. The molecule has 25 heavy (non-hydrogen) atoms. The molecule has 1 atom stereocenters. The van der Waals surface area contributed by atoms with Gasteiger partial charge in [-0.3, -0.25) is 4.79 Å². The lowest BCUT2D eigenvalue weighted by molar-refractivity contribution is -0.128. The predicted molar refractivity (Wildman–Crippen MR) is 94.1 cm³/mol. The van der Waals surface area contributed by atoms with Crippen molar-refractivity contribution in [3.63, 3.8) is 0 Å². The van der Waals surface area contributed by atoms with E-state index in [1.807, 2.05) is 0 Å². The second-order valence-electron chi connectivity index (χ2n) is 6.31. The SMILES string of the molecule is COC(=O)c1ccc(OC)cc1O[C@H](C)C(=O)NC1CCCCCC1.